The second-order valence-corrected chi connectivity index (χ2v) is 7.10. The number of hydrogen-bond donors (Lipinski definition) is 1. The first-order chi connectivity index (χ1) is 11.0. The molecule has 0 saturated carbocycles. The molecule has 0 amide bonds. The SMILES string of the molecule is Cc1cc2c(cn1)c(N1CCC(C)(O)C1)nn2C1CCCCO1. The van der Waals surface area contributed by atoms with Crippen LogP contribution in [0.2, 0.25) is 0 Å². The summed E-state index contributed by atoms with van der Waals surface area (Å²) in [4.78, 5) is 6.62. The number of aryl methyl sites for hydroxylation is 1. The molecule has 6 nitrogen and oxygen atoms in total. The number of aromatic nitrogens is 3. The van der Waals surface area contributed by atoms with E-state index >= 15 is 0 Å². The summed E-state index contributed by atoms with van der Waals surface area (Å²) < 4.78 is 7.96. The van der Waals surface area contributed by atoms with Gasteiger partial charge in [0.1, 0.15) is 0 Å². The van der Waals surface area contributed by atoms with Crippen molar-refractivity contribution in [1.82, 2.24) is 14.8 Å². The third kappa shape index (κ3) is 2.70. The van der Waals surface area contributed by atoms with E-state index in [-0.39, 0.29) is 6.23 Å². The van der Waals surface area contributed by atoms with Crippen molar-refractivity contribution in [1.29, 1.82) is 0 Å². The minimum atomic E-state index is -0.643. The Morgan fingerprint density at radius 3 is 2.96 bits per heavy atom. The highest BCUT2D eigenvalue weighted by Gasteiger charge is 2.34. The van der Waals surface area contributed by atoms with E-state index in [9.17, 15) is 5.11 Å². The Morgan fingerprint density at radius 2 is 2.26 bits per heavy atom. The molecule has 0 bridgehead atoms. The number of β-amino-alcohol motifs (C(OH)–C–C–N with tert-alkyl or cyclic N) is 1. The lowest BCUT2D eigenvalue weighted by Crippen LogP contribution is -2.30. The molecule has 2 aliphatic rings. The summed E-state index contributed by atoms with van der Waals surface area (Å²) in [6, 6.07) is 2.08. The van der Waals surface area contributed by atoms with Gasteiger partial charge in [-0.25, -0.2) is 4.68 Å². The maximum Gasteiger partial charge on any atom is 0.160 e. The first kappa shape index (κ1) is 14.9. The zero-order chi connectivity index (χ0) is 16.0. The normalized spacial score (nSPS) is 28.7. The average molecular weight is 316 g/mol. The van der Waals surface area contributed by atoms with Gasteiger partial charge in [0.25, 0.3) is 0 Å². The van der Waals surface area contributed by atoms with Crippen LogP contribution in [0.1, 0.15) is 44.5 Å². The number of fused-ring (bicyclic) bond motifs is 1. The van der Waals surface area contributed by atoms with Crippen molar-refractivity contribution in [2.45, 2.75) is 51.4 Å². The molecule has 0 aliphatic carbocycles. The molecule has 4 heterocycles. The highest BCUT2D eigenvalue weighted by molar-refractivity contribution is 5.90. The molecule has 0 spiro atoms. The van der Waals surface area contributed by atoms with E-state index in [2.05, 4.69) is 16.0 Å². The van der Waals surface area contributed by atoms with Crippen molar-refractivity contribution in [2.24, 2.45) is 0 Å². The van der Waals surface area contributed by atoms with Crippen molar-refractivity contribution in [3.05, 3.63) is 18.0 Å². The van der Waals surface area contributed by atoms with Crippen LogP contribution in [0.25, 0.3) is 10.9 Å². The Balaban J connectivity index is 1.79. The Hall–Kier alpha value is -1.66. The lowest BCUT2D eigenvalue weighted by molar-refractivity contribution is -0.0365. The highest BCUT2D eigenvalue weighted by atomic mass is 16.5. The smallest absolute Gasteiger partial charge is 0.160 e. The molecule has 1 N–H and O–H groups in total. The molecule has 2 fully saturated rings. The molecule has 2 aliphatic heterocycles. The second-order valence-electron chi connectivity index (χ2n) is 7.10. The number of pyridine rings is 1. The van der Waals surface area contributed by atoms with E-state index < -0.39 is 5.60 Å². The fourth-order valence-electron chi connectivity index (χ4n) is 3.61. The number of aliphatic hydroxyl groups is 1. The molecular weight excluding hydrogens is 292 g/mol. The predicted octanol–water partition coefficient (Wildman–Crippen LogP) is 2.40. The fourth-order valence-corrected chi connectivity index (χ4v) is 3.61. The summed E-state index contributed by atoms with van der Waals surface area (Å²) in [5.41, 5.74) is 1.41. The van der Waals surface area contributed by atoms with Gasteiger partial charge in [-0.05, 0) is 45.6 Å². The van der Waals surface area contributed by atoms with E-state index in [1.807, 2.05) is 24.7 Å². The maximum absolute atomic E-state index is 10.3. The number of rotatable bonds is 2. The van der Waals surface area contributed by atoms with Gasteiger partial charge in [0, 0.05) is 31.6 Å². The molecule has 2 aromatic rings. The Kier molecular flexibility index (Phi) is 3.54. The number of anilines is 1. The minimum Gasteiger partial charge on any atom is -0.388 e. The summed E-state index contributed by atoms with van der Waals surface area (Å²) in [6.07, 6.45) is 5.96. The minimum absolute atomic E-state index is 0.00455. The summed E-state index contributed by atoms with van der Waals surface area (Å²) in [6.45, 7) is 6.11. The third-order valence-electron chi connectivity index (χ3n) is 4.89. The van der Waals surface area contributed by atoms with Gasteiger partial charge < -0.3 is 14.7 Å². The lowest BCUT2D eigenvalue weighted by atomic mass is 10.1. The number of ether oxygens (including phenoxy) is 1. The molecular formula is C17H24N4O2. The molecule has 2 atom stereocenters. The van der Waals surface area contributed by atoms with Crippen molar-refractivity contribution in [2.75, 3.05) is 24.6 Å². The van der Waals surface area contributed by atoms with Gasteiger partial charge in [0.05, 0.1) is 16.5 Å². The molecule has 23 heavy (non-hydrogen) atoms. The lowest BCUT2D eigenvalue weighted by Gasteiger charge is -2.23. The first-order valence-electron chi connectivity index (χ1n) is 8.47. The molecule has 124 valence electrons. The molecule has 2 saturated heterocycles. The van der Waals surface area contributed by atoms with E-state index in [1.54, 1.807) is 0 Å². The quantitative estimate of drug-likeness (QED) is 0.922. The van der Waals surface area contributed by atoms with Crippen LogP contribution in [-0.4, -0.2) is 45.2 Å². The zero-order valence-corrected chi connectivity index (χ0v) is 13.8. The standard InChI is InChI=1S/C17H24N4O2/c1-12-9-14-13(10-18-12)16(20-7-6-17(2,22)11-20)19-21(14)15-5-3-4-8-23-15/h9-10,15,22H,3-8,11H2,1-2H3. The Bertz CT molecular complexity index is 719. The average Bonchev–Trinajstić information content (AvgIpc) is 3.08. The summed E-state index contributed by atoms with van der Waals surface area (Å²) >= 11 is 0. The van der Waals surface area contributed by atoms with Crippen LogP contribution < -0.4 is 4.90 Å². The van der Waals surface area contributed by atoms with E-state index in [0.29, 0.717) is 6.54 Å². The molecule has 6 heteroatoms. The summed E-state index contributed by atoms with van der Waals surface area (Å²) in [7, 11) is 0. The predicted molar refractivity (Wildman–Crippen MR) is 88.6 cm³/mol. The molecule has 2 unspecified atom stereocenters. The van der Waals surface area contributed by atoms with Crippen LogP contribution in [0.15, 0.2) is 12.3 Å². The summed E-state index contributed by atoms with van der Waals surface area (Å²) in [5, 5.41) is 16.2. The van der Waals surface area contributed by atoms with Gasteiger partial charge >= 0.3 is 0 Å². The van der Waals surface area contributed by atoms with Gasteiger partial charge in [-0.15, -0.1) is 0 Å². The third-order valence-corrected chi connectivity index (χ3v) is 4.89. The molecule has 2 aromatic heterocycles. The first-order valence-corrected chi connectivity index (χ1v) is 8.47. The van der Waals surface area contributed by atoms with Crippen molar-refractivity contribution < 1.29 is 9.84 Å². The van der Waals surface area contributed by atoms with E-state index in [4.69, 9.17) is 9.84 Å². The molecule has 0 aromatic carbocycles. The van der Waals surface area contributed by atoms with Crippen LogP contribution in [0.5, 0.6) is 0 Å². The number of nitrogens with zero attached hydrogens (tertiary/aromatic N) is 4. The molecule has 0 radical (unpaired) electrons. The van der Waals surface area contributed by atoms with Crippen LogP contribution in [0.3, 0.4) is 0 Å². The van der Waals surface area contributed by atoms with Crippen LogP contribution in [0.4, 0.5) is 5.82 Å². The van der Waals surface area contributed by atoms with Crippen LogP contribution in [-0.2, 0) is 4.74 Å². The van der Waals surface area contributed by atoms with Gasteiger partial charge in [-0.2, -0.15) is 5.10 Å². The topological polar surface area (TPSA) is 63.4 Å². The van der Waals surface area contributed by atoms with Crippen molar-refractivity contribution >= 4 is 16.7 Å². The van der Waals surface area contributed by atoms with Crippen molar-refractivity contribution in [3.8, 4) is 0 Å². The van der Waals surface area contributed by atoms with Gasteiger partial charge in [-0.1, -0.05) is 0 Å². The van der Waals surface area contributed by atoms with E-state index in [0.717, 1.165) is 54.8 Å². The van der Waals surface area contributed by atoms with Crippen molar-refractivity contribution in [3.63, 3.8) is 0 Å². The Labute approximate surface area is 136 Å². The highest BCUT2D eigenvalue weighted by Crippen LogP contribution is 2.34. The molecule has 4 rings (SSSR count). The maximum atomic E-state index is 10.3. The Morgan fingerprint density at radius 1 is 1.39 bits per heavy atom. The number of hydrogen-bond acceptors (Lipinski definition) is 5. The fraction of sp³-hybridized carbons (Fsp3) is 0.647. The second kappa shape index (κ2) is 5.46. The van der Waals surface area contributed by atoms with Gasteiger partial charge in [0.2, 0.25) is 0 Å². The van der Waals surface area contributed by atoms with Gasteiger partial charge in [0.15, 0.2) is 12.0 Å². The monoisotopic (exact) mass is 316 g/mol. The van der Waals surface area contributed by atoms with Crippen LogP contribution >= 0.6 is 0 Å². The zero-order valence-electron chi connectivity index (χ0n) is 13.8. The van der Waals surface area contributed by atoms with E-state index in [1.165, 1.54) is 6.42 Å². The summed E-state index contributed by atoms with van der Waals surface area (Å²) in [5.74, 6) is 0.916. The van der Waals surface area contributed by atoms with Gasteiger partial charge in [-0.3, -0.25) is 4.98 Å². The largest absolute Gasteiger partial charge is 0.388 e. The van der Waals surface area contributed by atoms with Crippen LogP contribution in [0, 0.1) is 6.92 Å².